The van der Waals surface area contributed by atoms with Crippen LogP contribution >= 0.6 is 35.1 Å². The normalized spacial score (nSPS) is 34.5. The third-order valence-electron chi connectivity index (χ3n) is 3.18. The molecule has 2 rings (SSSR count). The Hall–Kier alpha value is 0.0700. The Labute approximate surface area is 115 Å². The van der Waals surface area contributed by atoms with Gasteiger partial charge in [-0.3, -0.25) is 4.79 Å². The second-order valence-corrected chi connectivity index (χ2v) is 6.65. The summed E-state index contributed by atoms with van der Waals surface area (Å²) >= 11 is 13.2. The molecule has 2 aliphatic rings. The van der Waals surface area contributed by atoms with Gasteiger partial charge in [-0.1, -0.05) is 18.0 Å². The van der Waals surface area contributed by atoms with Gasteiger partial charge < -0.3 is 4.74 Å². The summed E-state index contributed by atoms with van der Waals surface area (Å²) in [7, 11) is 0. The van der Waals surface area contributed by atoms with Crippen LogP contribution in [0.3, 0.4) is 0 Å². The van der Waals surface area contributed by atoms with E-state index in [1.165, 1.54) is 6.42 Å². The van der Waals surface area contributed by atoms with E-state index in [0.717, 1.165) is 37.6 Å². The van der Waals surface area contributed by atoms with Gasteiger partial charge in [0, 0.05) is 0 Å². The van der Waals surface area contributed by atoms with Crippen LogP contribution in [0.4, 0.5) is 0 Å². The van der Waals surface area contributed by atoms with Crippen LogP contribution < -0.4 is 0 Å². The molecule has 1 heterocycles. The average molecular weight is 296 g/mol. The highest BCUT2D eigenvalue weighted by molar-refractivity contribution is 8.00. The van der Waals surface area contributed by atoms with E-state index >= 15 is 0 Å². The molecule has 0 N–H and O–H groups in total. The molecule has 3 nitrogen and oxygen atoms in total. The average Bonchev–Trinajstić information content (AvgIpc) is 2.55. The molecule has 0 radical (unpaired) electrons. The molecule has 0 bridgehead atoms. The topological polar surface area (TPSA) is 38.7 Å². The molecule has 1 aliphatic heterocycles. The first kappa shape index (κ1) is 13.5. The lowest BCUT2D eigenvalue weighted by molar-refractivity contribution is -0.150. The number of rotatable bonds is 2. The van der Waals surface area contributed by atoms with Crippen molar-refractivity contribution < 1.29 is 9.53 Å². The first-order chi connectivity index (χ1) is 8.01. The van der Waals surface area contributed by atoms with Crippen molar-refractivity contribution in [3.63, 3.8) is 0 Å². The number of carbonyl (C=O) groups is 1. The van der Waals surface area contributed by atoms with E-state index in [2.05, 4.69) is 4.40 Å². The van der Waals surface area contributed by atoms with E-state index in [1.807, 2.05) is 0 Å². The minimum absolute atomic E-state index is 0.0451. The van der Waals surface area contributed by atoms with Crippen molar-refractivity contribution in [1.29, 1.82) is 0 Å². The number of esters is 1. The van der Waals surface area contributed by atoms with E-state index in [0.29, 0.717) is 0 Å². The smallest absolute Gasteiger partial charge is 0.323 e. The fourth-order valence-corrected chi connectivity index (χ4v) is 3.50. The van der Waals surface area contributed by atoms with Crippen molar-refractivity contribution in [2.75, 3.05) is 0 Å². The molecule has 0 aromatic carbocycles. The van der Waals surface area contributed by atoms with Gasteiger partial charge in [-0.05, 0) is 44.6 Å². The number of carbonyl (C=O) groups excluding carboxylic acids is 1. The van der Waals surface area contributed by atoms with Crippen molar-refractivity contribution in [3.8, 4) is 0 Å². The zero-order valence-corrected chi connectivity index (χ0v) is 11.9. The van der Waals surface area contributed by atoms with Gasteiger partial charge in [0.05, 0.1) is 0 Å². The van der Waals surface area contributed by atoms with E-state index in [4.69, 9.17) is 27.9 Å². The third kappa shape index (κ3) is 2.91. The van der Waals surface area contributed by atoms with Crippen molar-refractivity contribution in [3.05, 3.63) is 0 Å². The fraction of sp³-hybridized carbons (Fsp3) is 0.818. The van der Waals surface area contributed by atoms with Crippen LogP contribution in [0, 0.1) is 0 Å². The highest BCUT2D eigenvalue weighted by Crippen LogP contribution is 2.41. The summed E-state index contributed by atoms with van der Waals surface area (Å²) < 4.78 is 9.43. The molecule has 0 aromatic rings. The molecule has 0 amide bonds. The second-order valence-electron chi connectivity index (χ2n) is 4.64. The molecule has 6 heteroatoms. The Kier molecular flexibility index (Phi) is 4.26. The number of alkyl halides is 1. The van der Waals surface area contributed by atoms with E-state index in [1.54, 1.807) is 6.92 Å². The molecular formula is C11H15Cl2NO2S. The number of hydrogen-bond donors (Lipinski definition) is 0. The van der Waals surface area contributed by atoms with Crippen LogP contribution in [0.1, 0.15) is 39.0 Å². The molecule has 2 unspecified atom stereocenters. The lowest BCUT2D eigenvalue weighted by Crippen LogP contribution is -2.41. The van der Waals surface area contributed by atoms with Crippen molar-refractivity contribution in [2.45, 2.75) is 55.3 Å². The van der Waals surface area contributed by atoms with E-state index in [9.17, 15) is 4.79 Å². The Bertz CT molecular complexity index is 340. The molecule has 2 atom stereocenters. The summed E-state index contributed by atoms with van der Waals surface area (Å²) in [6, 6.07) is 0. The lowest BCUT2D eigenvalue weighted by Gasteiger charge is -2.26. The van der Waals surface area contributed by atoms with Crippen LogP contribution in [-0.4, -0.2) is 27.4 Å². The van der Waals surface area contributed by atoms with Crippen molar-refractivity contribution in [2.24, 2.45) is 4.40 Å². The predicted molar refractivity (Wildman–Crippen MR) is 71.9 cm³/mol. The molecule has 0 spiro atoms. The minimum atomic E-state index is -0.933. The van der Waals surface area contributed by atoms with Gasteiger partial charge in [0.25, 0.3) is 0 Å². The van der Waals surface area contributed by atoms with Crippen LogP contribution in [0.25, 0.3) is 0 Å². The molecule has 1 saturated carbocycles. The molecule has 17 heavy (non-hydrogen) atoms. The van der Waals surface area contributed by atoms with Gasteiger partial charge in [-0.25, -0.2) is 4.40 Å². The summed E-state index contributed by atoms with van der Waals surface area (Å²) in [6.07, 6.45) is 5.45. The third-order valence-corrected chi connectivity index (χ3v) is 5.55. The largest absolute Gasteiger partial charge is 0.461 e. The van der Waals surface area contributed by atoms with Gasteiger partial charge in [0.1, 0.15) is 21.4 Å². The summed E-state index contributed by atoms with van der Waals surface area (Å²) in [5.74, 6) is -0.293. The maximum absolute atomic E-state index is 12.0. The van der Waals surface area contributed by atoms with Gasteiger partial charge in [0.15, 0.2) is 0 Å². The SMILES string of the molecule is CC1(Cl)C(Cl)=NSC1C(=O)OC1CCCCC1. The maximum Gasteiger partial charge on any atom is 0.323 e. The lowest BCUT2D eigenvalue weighted by atomic mass is 9.97. The summed E-state index contributed by atoms with van der Waals surface area (Å²) in [6.45, 7) is 1.70. The molecular weight excluding hydrogens is 281 g/mol. The standard InChI is InChI=1S/C11H15Cl2NO2S/c1-11(13)8(17-14-10(11)12)9(15)16-7-5-3-2-4-6-7/h7-8H,2-6H2,1H3. The van der Waals surface area contributed by atoms with Crippen molar-refractivity contribution in [1.82, 2.24) is 0 Å². The van der Waals surface area contributed by atoms with Crippen LogP contribution in [0.2, 0.25) is 0 Å². The highest BCUT2D eigenvalue weighted by Gasteiger charge is 2.48. The second kappa shape index (κ2) is 5.37. The Morgan fingerprint density at radius 2 is 2.12 bits per heavy atom. The van der Waals surface area contributed by atoms with Crippen LogP contribution in [-0.2, 0) is 9.53 Å². The first-order valence-corrected chi connectivity index (χ1v) is 7.40. The number of nitrogens with zero attached hydrogens (tertiary/aromatic N) is 1. The van der Waals surface area contributed by atoms with E-state index < -0.39 is 10.1 Å². The van der Waals surface area contributed by atoms with Gasteiger partial charge in [-0.2, -0.15) is 0 Å². The number of hydrogen-bond acceptors (Lipinski definition) is 4. The number of halogens is 2. The number of ether oxygens (including phenoxy) is 1. The zero-order chi connectivity index (χ0) is 12.5. The van der Waals surface area contributed by atoms with Crippen LogP contribution in [0.15, 0.2) is 4.40 Å². The van der Waals surface area contributed by atoms with Crippen LogP contribution in [0.5, 0.6) is 0 Å². The van der Waals surface area contributed by atoms with Gasteiger partial charge in [0.2, 0.25) is 0 Å². The fourth-order valence-electron chi connectivity index (χ4n) is 2.07. The molecule has 0 aromatic heterocycles. The Balaban J connectivity index is 1.92. The quantitative estimate of drug-likeness (QED) is 0.444. The maximum atomic E-state index is 12.0. The molecule has 1 fully saturated rings. The monoisotopic (exact) mass is 295 g/mol. The Morgan fingerprint density at radius 1 is 1.47 bits per heavy atom. The summed E-state index contributed by atoms with van der Waals surface area (Å²) in [4.78, 5) is 11.1. The first-order valence-electron chi connectivity index (χ1n) is 5.81. The van der Waals surface area contributed by atoms with Gasteiger partial charge >= 0.3 is 5.97 Å². The highest BCUT2D eigenvalue weighted by atomic mass is 35.5. The molecule has 0 saturated heterocycles. The zero-order valence-electron chi connectivity index (χ0n) is 9.62. The Morgan fingerprint density at radius 3 is 2.65 bits per heavy atom. The minimum Gasteiger partial charge on any atom is -0.461 e. The molecule has 96 valence electrons. The summed E-state index contributed by atoms with van der Waals surface area (Å²) in [5, 5.41) is -0.256. The van der Waals surface area contributed by atoms with Crippen molar-refractivity contribution >= 4 is 46.3 Å². The predicted octanol–water partition coefficient (Wildman–Crippen LogP) is 3.53. The van der Waals surface area contributed by atoms with Gasteiger partial charge in [-0.15, -0.1) is 11.6 Å². The van der Waals surface area contributed by atoms with E-state index in [-0.39, 0.29) is 17.2 Å². The molecule has 1 aliphatic carbocycles. The summed E-state index contributed by atoms with van der Waals surface area (Å²) in [5.41, 5.74) is 0.